The fraction of sp³-hybridized carbons (Fsp3) is 0.625. The van der Waals surface area contributed by atoms with Crippen molar-refractivity contribution in [1.29, 1.82) is 0 Å². The van der Waals surface area contributed by atoms with Gasteiger partial charge in [0.2, 0.25) is 0 Å². The van der Waals surface area contributed by atoms with E-state index in [1.54, 1.807) is 11.1 Å². The molecule has 1 saturated carbocycles. The average molecular weight is 216 g/mol. The van der Waals surface area contributed by atoms with Gasteiger partial charge in [0.05, 0.1) is 0 Å². The van der Waals surface area contributed by atoms with Crippen LogP contribution in [0.3, 0.4) is 0 Å². The molecule has 1 aliphatic carbocycles. The van der Waals surface area contributed by atoms with Crippen molar-refractivity contribution in [2.24, 2.45) is 11.8 Å². The lowest BCUT2D eigenvalue weighted by Gasteiger charge is -2.14. The van der Waals surface area contributed by atoms with Crippen molar-refractivity contribution >= 4 is 0 Å². The van der Waals surface area contributed by atoms with Gasteiger partial charge in [0.15, 0.2) is 0 Å². The molecule has 0 spiro atoms. The monoisotopic (exact) mass is 216 g/mol. The minimum Gasteiger partial charge on any atom is -0.0651 e. The molecule has 0 heterocycles. The Hall–Kier alpha value is -0.780. The number of hydrogen-bond acceptors (Lipinski definition) is 0. The first-order valence-electron chi connectivity index (χ1n) is 6.67. The second-order valence-electron chi connectivity index (χ2n) is 5.67. The van der Waals surface area contributed by atoms with Crippen LogP contribution in [0.2, 0.25) is 0 Å². The van der Waals surface area contributed by atoms with Crippen LogP contribution in [0, 0.1) is 18.8 Å². The van der Waals surface area contributed by atoms with E-state index in [4.69, 9.17) is 0 Å². The van der Waals surface area contributed by atoms with E-state index in [0.29, 0.717) is 5.92 Å². The average Bonchev–Trinajstić information content (AvgIpc) is 2.89. The largest absolute Gasteiger partial charge is 0.0651 e. The lowest BCUT2D eigenvalue weighted by Crippen LogP contribution is -1.97. The molecule has 3 atom stereocenters. The van der Waals surface area contributed by atoms with Crippen molar-refractivity contribution in [3.05, 3.63) is 34.9 Å². The van der Waals surface area contributed by atoms with Gasteiger partial charge in [-0.15, -0.1) is 0 Å². The molecule has 0 nitrogen and oxygen atoms in total. The lowest BCUT2D eigenvalue weighted by molar-refractivity contribution is 0.718. The Morgan fingerprint density at radius 2 is 1.94 bits per heavy atom. The van der Waals surface area contributed by atoms with Crippen LogP contribution in [-0.4, -0.2) is 0 Å². The summed E-state index contributed by atoms with van der Waals surface area (Å²) in [5, 5.41) is 0. The van der Waals surface area contributed by atoms with Gasteiger partial charge in [-0.1, -0.05) is 52.3 Å². The molecule has 88 valence electrons. The summed E-state index contributed by atoms with van der Waals surface area (Å²) in [7, 11) is 0. The fourth-order valence-electron chi connectivity index (χ4n) is 3.34. The molecule has 0 amide bonds. The summed E-state index contributed by atoms with van der Waals surface area (Å²) < 4.78 is 0. The molecular weight excluding hydrogens is 192 g/mol. The van der Waals surface area contributed by atoms with Gasteiger partial charge in [-0.05, 0) is 47.3 Å². The maximum atomic E-state index is 2.40. The fourth-order valence-corrected chi connectivity index (χ4v) is 3.34. The van der Waals surface area contributed by atoms with Gasteiger partial charge < -0.3 is 0 Å². The van der Waals surface area contributed by atoms with E-state index in [9.17, 15) is 0 Å². The molecule has 1 fully saturated rings. The van der Waals surface area contributed by atoms with Gasteiger partial charge >= 0.3 is 0 Å². The van der Waals surface area contributed by atoms with Gasteiger partial charge in [0, 0.05) is 0 Å². The molecule has 0 aliphatic heterocycles. The highest BCUT2D eigenvalue weighted by atomic mass is 14.5. The van der Waals surface area contributed by atoms with Crippen molar-refractivity contribution in [1.82, 2.24) is 0 Å². The highest BCUT2D eigenvalue weighted by molar-refractivity contribution is 5.41. The smallest absolute Gasteiger partial charge is 0.00997 e. The number of hydrogen-bond donors (Lipinski definition) is 0. The molecule has 1 aromatic rings. The molecule has 1 aliphatic rings. The van der Waals surface area contributed by atoms with Crippen LogP contribution < -0.4 is 0 Å². The molecular formula is C16H24. The lowest BCUT2D eigenvalue weighted by atomic mass is 9.91. The summed E-state index contributed by atoms with van der Waals surface area (Å²) in [5.74, 6) is 3.31. The Bertz CT molecular complexity index is 376. The SMILES string of the molecule is CCC1C(C)C1c1cccc(C(C)C)c1C. The highest BCUT2D eigenvalue weighted by Crippen LogP contribution is 2.56. The summed E-state index contributed by atoms with van der Waals surface area (Å²) >= 11 is 0. The summed E-state index contributed by atoms with van der Waals surface area (Å²) in [4.78, 5) is 0. The Balaban J connectivity index is 2.33. The second kappa shape index (κ2) is 4.24. The summed E-state index contributed by atoms with van der Waals surface area (Å²) in [6.07, 6.45) is 1.33. The molecule has 0 N–H and O–H groups in total. The van der Waals surface area contributed by atoms with Crippen molar-refractivity contribution in [2.45, 2.75) is 52.9 Å². The van der Waals surface area contributed by atoms with Crippen LogP contribution >= 0.6 is 0 Å². The van der Waals surface area contributed by atoms with Crippen molar-refractivity contribution in [3.63, 3.8) is 0 Å². The quantitative estimate of drug-likeness (QED) is 0.675. The number of benzene rings is 1. The van der Waals surface area contributed by atoms with Crippen LogP contribution in [-0.2, 0) is 0 Å². The second-order valence-corrected chi connectivity index (χ2v) is 5.67. The van der Waals surface area contributed by atoms with E-state index in [-0.39, 0.29) is 0 Å². The molecule has 0 aromatic heterocycles. The van der Waals surface area contributed by atoms with Crippen molar-refractivity contribution in [2.75, 3.05) is 0 Å². The predicted octanol–water partition coefficient (Wildman–Crippen LogP) is 4.88. The van der Waals surface area contributed by atoms with Crippen LogP contribution in [0.4, 0.5) is 0 Å². The summed E-state index contributed by atoms with van der Waals surface area (Å²) in [5.41, 5.74) is 4.70. The van der Waals surface area contributed by atoms with Gasteiger partial charge in [-0.3, -0.25) is 0 Å². The zero-order valence-corrected chi connectivity index (χ0v) is 11.2. The molecule has 0 radical (unpaired) electrons. The summed E-state index contributed by atoms with van der Waals surface area (Å²) in [6, 6.07) is 6.88. The van der Waals surface area contributed by atoms with Gasteiger partial charge in [-0.2, -0.15) is 0 Å². The zero-order chi connectivity index (χ0) is 11.9. The van der Waals surface area contributed by atoms with Crippen LogP contribution in [0.1, 0.15) is 62.6 Å². The first-order chi connectivity index (χ1) is 7.57. The first kappa shape index (κ1) is 11.7. The van der Waals surface area contributed by atoms with E-state index in [2.05, 4.69) is 52.8 Å². The third-order valence-electron chi connectivity index (χ3n) is 4.43. The Labute approximate surface area is 100 Å². The molecule has 16 heavy (non-hydrogen) atoms. The van der Waals surface area contributed by atoms with Gasteiger partial charge in [0.1, 0.15) is 0 Å². The predicted molar refractivity (Wildman–Crippen MR) is 71.0 cm³/mol. The minimum atomic E-state index is 0.647. The van der Waals surface area contributed by atoms with E-state index < -0.39 is 0 Å². The molecule has 2 rings (SSSR count). The van der Waals surface area contributed by atoms with Crippen LogP contribution in [0.5, 0.6) is 0 Å². The van der Waals surface area contributed by atoms with E-state index in [1.165, 1.54) is 12.0 Å². The number of rotatable bonds is 3. The Morgan fingerprint density at radius 3 is 2.44 bits per heavy atom. The normalized spacial score (nSPS) is 28.5. The molecule has 0 heteroatoms. The third kappa shape index (κ3) is 1.79. The topological polar surface area (TPSA) is 0 Å². The maximum Gasteiger partial charge on any atom is -0.00997 e. The van der Waals surface area contributed by atoms with E-state index in [0.717, 1.165) is 17.8 Å². The zero-order valence-electron chi connectivity index (χ0n) is 11.2. The minimum absolute atomic E-state index is 0.647. The molecule has 0 saturated heterocycles. The summed E-state index contributed by atoms with van der Waals surface area (Å²) in [6.45, 7) is 11.6. The standard InChI is InChI=1S/C16H24/c1-6-13-12(5)16(13)15-9-7-8-14(10(2)3)11(15)4/h7-10,12-13,16H,6H2,1-5H3. The Kier molecular flexibility index (Phi) is 3.10. The van der Waals surface area contributed by atoms with Gasteiger partial charge in [-0.25, -0.2) is 0 Å². The maximum absolute atomic E-state index is 2.40. The first-order valence-corrected chi connectivity index (χ1v) is 6.67. The van der Waals surface area contributed by atoms with E-state index in [1.807, 2.05) is 0 Å². The van der Waals surface area contributed by atoms with Crippen LogP contribution in [0.25, 0.3) is 0 Å². The molecule has 1 aromatic carbocycles. The van der Waals surface area contributed by atoms with Gasteiger partial charge in [0.25, 0.3) is 0 Å². The Morgan fingerprint density at radius 1 is 1.25 bits per heavy atom. The molecule has 0 bridgehead atoms. The molecule has 3 unspecified atom stereocenters. The highest BCUT2D eigenvalue weighted by Gasteiger charge is 2.46. The van der Waals surface area contributed by atoms with E-state index >= 15 is 0 Å². The van der Waals surface area contributed by atoms with Crippen LogP contribution in [0.15, 0.2) is 18.2 Å². The third-order valence-corrected chi connectivity index (χ3v) is 4.43. The van der Waals surface area contributed by atoms with Crippen molar-refractivity contribution in [3.8, 4) is 0 Å². The van der Waals surface area contributed by atoms with Crippen molar-refractivity contribution < 1.29 is 0 Å².